The van der Waals surface area contributed by atoms with E-state index >= 15 is 0 Å². The number of carbonyl (C=O) groups excluding carboxylic acids is 2. The lowest BCUT2D eigenvalue weighted by molar-refractivity contribution is -0.129. The molecule has 1 aromatic rings. The summed E-state index contributed by atoms with van der Waals surface area (Å²) in [5, 5.41) is 2.97. The number of anilines is 1. The Hall–Kier alpha value is -1.88. The van der Waals surface area contributed by atoms with Crippen LogP contribution in [-0.4, -0.2) is 35.4 Å². The summed E-state index contributed by atoms with van der Waals surface area (Å²) in [7, 11) is 0. The van der Waals surface area contributed by atoms with Crippen LogP contribution in [0.4, 0.5) is 5.69 Å². The molecule has 0 bridgehead atoms. The first-order chi connectivity index (χ1) is 12.0. The number of benzene rings is 1. The molecule has 1 heterocycles. The van der Waals surface area contributed by atoms with Crippen molar-refractivity contribution in [3.63, 3.8) is 0 Å². The van der Waals surface area contributed by atoms with E-state index in [0.717, 1.165) is 24.1 Å². The minimum Gasteiger partial charge on any atom is -0.374 e. The molecule has 1 saturated heterocycles. The van der Waals surface area contributed by atoms with Gasteiger partial charge in [-0.3, -0.25) is 9.59 Å². The molecule has 1 aromatic carbocycles. The normalized spacial score (nSPS) is 21.3. The van der Waals surface area contributed by atoms with Crippen LogP contribution in [0.5, 0.6) is 0 Å². The maximum absolute atomic E-state index is 12.6. The molecule has 0 radical (unpaired) electrons. The molecule has 1 unspecified atom stereocenters. The Bertz CT molecular complexity index is 623. The predicted octanol–water partition coefficient (Wildman–Crippen LogP) is 3.34. The molecule has 136 valence electrons. The second-order valence-corrected chi connectivity index (χ2v) is 7.43. The quantitative estimate of drug-likeness (QED) is 0.861. The fraction of sp³-hybridized carbons (Fsp3) is 0.600. The maximum Gasteiger partial charge on any atom is 0.229 e. The zero-order valence-corrected chi connectivity index (χ0v) is 15.2. The predicted molar refractivity (Wildman–Crippen MR) is 97.1 cm³/mol. The molecular formula is C20H28N2O3. The largest absolute Gasteiger partial charge is 0.374 e. The Morgan fingerprint density at radius 1 is 1.32 bits per heavy atom. The number of ether oxygens (including phenoxy) is 1. The average Bonchev–Trinajstić information content (AvgIpc) is 3.22. The summed E-state index contributed by atoms with van der Waals surface area (Å²) in [6, 6.07) is 8.06. The smallest absolute Gasteiger partial charge is 0.229 e. The first-order valence-corrected chi connectivity index (χ1v) is 9.34. The van der Waals surface area contributed by atoms with E-state index in [9.17, 15) is 9.59 Å². The maximum atomic E-state index is 12.6. The van der Waals surface area contributed by atoms with E-state index in [0.29, 0.717) is 25.6 Å². The summed E-state index contributed by atoms with van der Waals surface area (Å²) < 4.78 is 5.61. The molecule has 25 heavy (non-hydrogen) atoms. The molecule has 1 saturated carbocycles. The second-order valence-electron chi connectivity index (χ2n) is 7.43. The highest BCUT2D eigenvalue weighted by molar-refractivity contribution is 5.97. The van der Waals surface area contributed by atoms with Gasteiger partial charge in [-0.15, -0.1) is 0 Å². The number of nitrogens with one attached hydrogen (secondary N) is 1. The van der Waals surface area contributed by atoms with Crippen molar-refractivity contribution in [3.8, 4) is 0 Å². The fourth-order valence-corrected chi connectivity index (χ4v) is 3.72. The lowest BCUT2D eigenvalue weighted by Crippen LogP contribution is -2.35. The van der Waals surface area contributed by atoms with Crippen LogP contribution in [0.3, 0.4) is 0 Å². The van der Waals surface area contributed by atoms with Crippen molar-refractivity contribution in [2.75, 3.05) is 11.9 Å². The molecule has 5 heteroatoms. The highest BCUT2D eigenvalue weighted by Crippen LogP contribution is 2.30. The third-order valence-electron chi connectivity index (χ3n) is 5.07. The van der Waals surface area contributed by atoms with Gasteiger partial charge in [0, 0.05) is 24.7 Å². The number of likely N-dealkylation sites (tertiary alicyclic amines) is 1. The van der Waals surface area contributed by atoms with Gasteiger partial charge in [0.2, 0.25) is 11.8 Å². The van der Waals surface area contributed by atoms with Crippen molar-refractivity contribution in [3.05, 3.63) is 29.8 Å². The lowest BCUT2D eigenvalue weighted by atomic mass is 10.1. The van der Waals surface area contributed by atoms with Crippen molar-refractivity contribution in [2.24, 2.45) is 5.92 Å². The van der Waals surface area contributed by atoms with Gasteiger partial charge < -0.3 is 15.0 Å². The SMILES string of the molecule is CC(C)OCc1cccc(NC(=O)C2CC(=O)N(C3CCCC3)C2)c1. The summed E-state index contributed by atoms with van der Waals surface area (Å²) >= 11 is 0. The van der Waals surface area contributed by atoms with Gasteiger partial charge in [-0.1, -0.05) is 25.0 Å². The van der Waals surface area contributed by atoms with Crippen molar-refractivity contribution in [2.45, 2.75) is 64.7 Å². The Labute approximate surface area is 149 Å². The number of hydrogen-bond acceptors (Lipinski definition) is 3. The molecule has 2 aliphatic rings. The van der Waals surface area contributed by atoms with Crippen LogP contribution >= 0.6 is 0 Å². The van der Waals surface area contributed by atoms with Crippen LogP contribution in [-0.2, 0) is 20.9 Å². The van der Waals surface area contributed by atoms with Crippen LogP contribution in [0, 0.1) is 5.92 Å². The summed E-state index contributed by atoms with van der Waals surface area (Å²) in [5.41, 5.74) is 1.79. The third kappa shape index (κ3) is 4.60. The van der Waals surface area contributed by atoms with Crippen LogP contribution in [0.15, 0.2) is 24.3 Å². The monoisotopic (exact) mass is 344 g/mol. The number of nitrogens with zero attached hydrogens (tertiary/aromatic N) is 1. The number of rotatable bonds is 6. The van der Waals surface area contributed by atoms with Gasteiger partial charge in [0.05, 0.1) is 18.6 Å². The molecule has 2 amide bonds. The van der Waals surface area contributed by atoms with E-state index in [4.69, 9.17) is 4.74 Å². The average molecular weight is 344 g/mol. The van der Waals surface area contributed by atoms with Crippen LogP contribution in [0.25, 0.3) is 0 Å². The minimum absolute atomic E-state index is 0.0595. The van der Waals surface area contributed by atoms with Crippen molar-refractivity contribution >= 4 is 17.5 Å². The molecule has 3 rings (SSSR count). The van der Waals surface area contributed by atoms with Gasteiger partial charge >= 0.3 is 0 Å². The van der Waals surface area contributed by atoms with Crippen LogP contribution in [0.1, 0.15) is 51.5 Å². The molecule has 1 aliphatic carbocycles. The second kappa shape index (κ2) is 8.00. The van der Waals surface area contributed by atoms with Crippen molar-refractivity contribution < 1.29 is 14.3 Å². The van der Waals surface area contributed by atoms with Gasteiger partial charge in [-0.2, -0.15) is 0 Å². The molecule has 0 spiro atoms. The molecule has 0 aromatic heterocycles. The molecule has 1 N–H and O–H groups in total. The molecule has 5 nitrogen and oxygen atoms in total. The highest BCUT2D eigenvalue weighted by Gasteiger charge is 2.38. The summed E-state index contributed by atoms with van der Waals surface area (Å²) in [5.74, 6) is -0.175. The fourth-order valence-electron chi connectivity index (χ4n) is 3.72. The van der Waals surface area contributed by atoms with Gasteiger partial charge in [-0.25, -0.2) is 0 Å². The Balaban J connectivity index is 1.57. The van der Waals surface area contributed by atoms with Crippen LogP contribution < -0.4 is 5.32 Å². The molecule has 1 atom stereocenters. The Morgan fingerprint density at radius 2 is 2.08 bits per heavy atom. The van der Waals surface area contributed by atoms with E-state index in [-0.39, 0.29) is 23.8 Å². The van der Waals surface area contributed by atoms with Gasteiger partial charge in [0.25, 0.3) is 0 Å². The zero-order chi connectivity index (χ0) is 17.8. The number of amides is 2. The van der Waals surface area contributed by atoms with E-state index in [1.54, 1.807) is 0 Å². The lowest BCUT2D eigenvalue weighted by Gasteiger charge is -2.23. The third-order valence-corrected chi connectivity index (χ3v) is 5.07. The Morgan fingerprint density at radius 3 is 2.80 bits per heavy atom. The molecular weight excluding hydrogens is 316 g/mol. The van der Waals surface area contributed by atoms with Gasteiger partial charge in [0.1, 0.15) is 0 Å². The summed E-state index contributed by atoms with van der Waals surface area (Å²) in [4.78, 5) is 26.8. The summed E-state index contributed by atoms with van der Waals surface area (Å²) in [6.07, 6.45) is 5.05. The zero-order valence-electron chi connectivity index (χ0n) is 15.2. The van der Waals surface area contributed by atoms with Gasteiger partial charge in [0.15, 0.2) is 0 Å². The summed E-state index contributed by atoms with van der Waals surface area (Å²) in [6.45, 7) is 5.09. The van der Waals surface area contributed by atoms with E-state index in [2.05, 4.69) is 5.32 Å². The standard InChI is InChI=1S/C20H28N2O3/c1-14(2)25-13-15-6-5-7-17(10-15)21-20(24)16-11-19(23)22(12-16)18-8-3-4-9-18/h5-7,10,14,16,18H,3-4,8-9,11-13H2,1-2H3,(H,21,24). The Kier molecular flexibility index (Phi) is 5.74. The number of carbonyl (C=O) groups is 2. The van der Waals surface area contributed by atoms with E-state index in [1.165, 1.54) is 12.8 Å². The number of hydrogen-bond donors (Lipinski definition) is 1. The van der Waals surface area contributed by atoms with Crippen LogP contribution in [0.2, 0.25) is 0 Å². The molecule has 2 fully saturated rings. The van der Waals surface area contributed by atoms with E-state index < -0.39 is 0 Å². The highest BCUT2D eigenvalue weighted by atomic mass is 16.5. The minimum atomic E-state index is -0.247. The first-order valence-electron chi connectivity index (χ1n) is 9.34. The molecule has 1 aliphatic heterocycles. The topological polar surface area (TPSA) is 58.6 Å². The first kappa shape index (κ1) is 17.9. The van der Waals surface area contributed by atoms with Crippen molar-refractivity contribution in [1.82, 2.24) is 4.90 Å². The van der Waals surface area contributed by atoms with E-state index in [1.807, 2.05) is 43.0 Å². The van der Waals surface area contributed by atoms with Crippen molar-refractivity contribution in [1.29, 1.82) is 0 Å². The van der Waals surface area contributed by atoms with Gasteiger partial charge in [-0.05, 0) is 44.4 Å².